The molecule has 0 bridgehead atoms. The van der Waals surface area contributed by atoms with Crippen LogP contribution < -0.4 is 5.32 Å². The smallest absolute Gasteiger partial charge is 0.233 e. The minimum absolute atomic E-state index is 0.110. The molecular weight excluding hydrogens is 363 g/mol. The minimum atomic E-state index is -0.348. The zero-order valence-electron chi connectivity index (χ0n) is 15.4. The van der Waals surface area contributed by atoms with Gasteiger partial charge in [-0.2, -0.15) is 0 Å². The highest BCUT2D eigenvalue weighted by Gasteiger charge is 2.21. The molecule has 0 fully saturated rings. The van der Waals surface area contributed by atoms with Gasteiger partial charge in [0.1, 0.15) is 5.82 Å². The number of aromatic nitrogens is 3. The van der Waals surface area contributed by atoms with E-state index in [0.717, 1.165) is 17.0 Å². The molecule has 0 aliphatic rings. The number of carbonyl (C=O) groups excluding carboxylic acids is 1. The maximum Gasteiger partial charge on any atom is 0.233 e. The van der Waals surface area contributed by atoms with Crippen molar-refractivity contribution in [2.75, 3.05) is 0 Å². The number of thioether (sulfide) groups is 1. The van der Waals surface area contributed by atoms with Crippen LogP contribution in [0.5, 0.6) is 0 Å². The molecule has 2 aromatic carbocycles. The van der Waals surface area contributed by atoms with Gasteiger partial charge in [-0.3, -0.25) is 4.79 Å². The fourth-order valence-corrected chi connectivity index (χ4v) is 3.46. The van der Waals surface area contributed by atoms with Crippen molar-refractivity contribution < 1.29 is 9.18 Å². The molecule has 5 nitrogen and oxygen atoms in total. The standard InChI is InChI=1S/C20H21FN4OS/c1-13(15-9-11-17(21)12-10-15)22-19(26)14(2)27-20-24-23-18(25(20)3)16-7-5-4-6-8-16/h4-14H,1-3H3,(H,22,26)/t13-,14+/m0/s1. The number of nitrogens with zero attached hydrogens (tertiary/aromatic N) is 3. The van der Waals surface area contributed by atoms with Crippen molar-refractivity contribution in [3.8, 4) is 11.4 Å². The Morgan fingerprint density at radius 2 is 1.74 bits per heavy atom. The van der Waals surface area contributed by atoms with Crippen molar-refractivity contribution in [1.29, 1.82) is 0 Å². The van der Waals surface area contributed by atoms with Crippen molar-refractivity contribution in [1.82, 2.24) is 20.1 Å². The van der Waals surface area contributed by atoms with E-state index in [1.165, 1.54) is 23.9 Å². The number of hydrogen-bond donors (Lipinski definition) is 1. The van der Waals surface area contributed by atoms with Gasteiger partial charge in [0.15, 0.2) is 11.0 Å². The molecule has 0 unspecified atom stereocenters. The van der Waals surface area contributed by atoms with E-state index in [-0.39, 0.29) is 23.0 Å². The van der Waals surface area contributed by atoms with E-state index in [4.69, 9.17) is 0 Å². The van der Waals surface area contributed by atoms with E-state index < -0.39 is 0 Å². The molecular formula is C20H21FN4OS. The Balaban J connectivity index is 1.65. The van der Waals surface area contributed by atoms with Gasteiger partial charge in [0.2, 0.25) is 5.91 Å². The average Bonchev–Trinajstić information content (AvgIpc) is 3.03. The number of nitrogens with one attached hydrogen (secondary N) is 1. The zero-order valence-corrected chi connectivity index (χ0v) is 16.2. The first-order valence-corrected chi connectivity index (χ1v) is 9.51. The average molecular weight is 384 g/mol. The largest absolute Gasteiger partial charge is 0.349 e. The molecule has 3 aromatic rings. The lowest BCUT2D eigenvalue weighted by atomic mass is 10.1. The molecule has 1 aromatic heterocycles. The number of rotatable bonds is 6. The molecule has 0 aliphatic carbocycles. The van der Waals surface area contributed by atoms with Gasteiger partial charge in [-0.05, 0) is 31.5 Å². The number of benzene rings is 2. The van der Waals surface area contributed by atoms with E-state index in [1.54, 1.807) is 12.1 Å². The summed E-state index contributed by atoms with van der Waals surface area (Å²) in [5.74, 6) is 0.351. The molecule has 0 radical (unpaired) electrons. The summed E-state index contributed by atoms with van der Waals surface area (Å²) in [6.07, 6.45) is 0. The first kappa shape index (κ1) is 19.1. The Kier molecular flexibility index (Phi) is 5.91. The predicted octanol–water partition coefficient (Wildman–Crippen LogP) is 3.98. The normalized spacial score (nSPS) is 13.2. The van der Waals surface area contributed by atoms with Crippen LogP contribution >= 0.6 is 11.8 Å². The number of amides is 1. The summed E-state index contributed by atoms with van der Waals surface area (Å²) in [7, 11) is 1.89. The molecule has 1 amide bonds. The Morgan fingerprint density at radius 3 is 2.41 bits per heavy atom. The van der Waals surface area contributed by atoms with Crippen LogP contribution in [0, 0.1) is 5.82 Å². The third-order valence-electron chi connectivity index (χ3n) is 4.25. The molecule has 0 saturated heterocycles. The molecule has 2 atom stereocenters. The van der Waals surface area contributed by atoms with E-state index in [2.05, 4.69) is 15.5 Å². The Morgan fingerprint density at radius 1 is 1.07 bits per heavy atom. The molecule has 3 rings (SSSR count). The molecule has 0 saturated carbocycles. The van der Waals surface area contributed by atoms with E-state index >= 15 is 0 Å². The Bertz CT molecular complexity index is 911. The van der Waals surface area contributed by atoms with Crippen LogP contribution in [-0.2, 0) is 11.8 Å². The van der Waals surface area contributed by atoms with E-state index in [0.29, 0.717) is 5.16 Å². The van der Waals surface area contributed by atoms with Crippen LogP contribution in [0.25, 0.3) is 11.4 Å². The number of halogens is 1. The summed E-state index contributed by atoms with van der Waals surface area (Å²) in [5, 5.41) is 11.7. The van der Waals surface area contributed by atoms with Crippen molar-refractivity contribution in [3.63, 3.8) is 0 Å². The highest BCUT2D eigenvalue weighted by molar-refractivity contribution is 8.00. The van der Waals surface area contributed by atoms with Gasteiger partial charge in [-0.1, -0.05) is 54.2 Å². The van der Waals surface area contributed by atoms with Crippen molar-refractivity contribution in [2.45, 2.75) is 30.3 Å². The summed E-state index contributed by atoms with van der Waals surface area (Å²) in [6, 6.07) is 15.7. The van der Waals surface area contributed by atoms with Crippen molar-refractivity contribution in [3.05, 3.63) is 66.0 Å². The predicted molar refractivity (Wildman–Crippen MR) is 105 cm³/mol. The second kappa shape index (κ2) is 8.35. The third kappa shape index (κ3) is 4.54. The first-order chi connectivity index (χ1) is 13.0. The SMILES string of the molecule is C[C@H](NC(=O)[C@@H](C)Sc1nnc(-c2ccccc2)n1C)c1ccc(F)cc1. The minimum Gasteiger partial charge on any atom is -0.349 e. The maximum atomic E-state index is 13.0. The van der Waals surface area contributed by atoms with Gasteiger partial charge in [0, 0.05) is 12.6 Å². The van der Waals surface area contributed by atoms with E-state index in [1.807, 2.05) is 55.8 Å². The van der Waals surface area contributed by atoms with Crippen molar-refractivity contribution >= 4 is 17.7 Å². The lowest BCUT2D eigenvalue weighted by molar-refractivity contribution is -0.120. The van der Waals surface area contributed by atoms with Crippen LogP contribution in [0.15, 0.2) is 59.8 Å². The summed E-state index contributed by atoms with van der Waals surface area (Å²) >= 11 is 1.35. The van der Waals surface area contributed by atoms with Crippen LogP contribution in [-0.4, -0.2) is 25.9 Å². The third-order valence-corrected chi connectivity index (χ3v) is 5.38. The molecule has 140 valence electrons. The number of carbonyl (C=O) groups is 1. The first-order valence-electron chi connectivity index (χ1n) is 8.63. The fraction of sp³-hybridized carbons (Fsp3) is 0.250. The monoisotopic (exact) mass is 384 g/mol. The van der Waals surface area contributed by atoms with E-state index in [9.17, 15) is 9.18 Å². The summed E-state index contributed by atoms with van der Waals surface area (Å²) in [4.78, 5) is 12.5. The van der Waals surface area contributed by atoms with Crippen LogP contribution in [0.1, 0.15) is 25.5 Å². The van der Waals surface area contributed by atoms with Gasteiger partial charge < -0.3 is 9.88 Å². The second-order valence-corrected chi connectivity index (χ2v) is 7.58. The highest BCUT2D eigenvalue weighted by atomic mass is 32.2. The van der Waals surface area contributed by atoms with Gasteiger partial charge >= 0.3 is 0 Å². The van der Waals surface area contributed by atoms with Crippen LogP contribution in [0.3, 0.4) is 0 Å². The summed E-state index contributed by atoms with van der Waals surface area (Å²) < 4.78 is 14.9. The lowest BCUT2D eigenvalue weighted by Gasteiger charge is -2.17. The highest BCUT2D eigenvalue weighted by Crippen LogP contribution is 2.26. The second-order valence-electron chi connectivity index (χ2n) is 6.27. The lowest BCUT2D eigenvalue weighted by Crippen LogP contribution is -2.33. The zero-order chi connectivity index (χ0) is 19.4. The molecule has 1 heterocycles. The topological polar surface area (TPSA) is 59.8 Å². The van der Waals surface area contributed by atoms with Crippen LogP contribution in [0.4, 0.5) is 4.39 Å². The van der Waals surface area contributed by atoms with Gasteiger partial charge in [0.25, 0.3) is 0 Å². The molecule has 27 heavy (non-hydrogen) atoms. The molecule has 1 N–H and O–H groups in total. The summed E-state index contributed by atoms with van der Waals surface area (Å²) in [6.45, 7) is 3.70. The molecule has 7 heteroatoms. The van der Waals surface area contributed by atoms with Crippen molar-refractivity contribution in [2.24, 2.45) is 7.05 Å². The number of hydrogen-bond acceptors (Lipinski definition) is 4. The Hall–Kier alpha value is -2.67. The van der Waals surface area contributed by atoms with Crippen LogP contribution in [0.2, 0.25) is 0 Å². The summed E-state index contributed by atoms with van der Waals surface area (Å²) in [5.41, 5.74) is 1.83. The Labute approximate surface area is 162 Å². The van der Waals surface area contributed by atoms with Gasteiger partial charge in [0.05, 0.1) is 11.3 Å². The molecule has 0 aliphatic heterocycles. The maximum absolute atomic E-state index is 13.0. The van der Waals surface area contributed by atoms with Gasteiger partial charge in [-0.25, -0.2) is 4.39 Å². The molecule has 0 spiro atoms. The quantitative estimate of drug-likeness (QED) is 0.653. The van der Waals surface area contributed by atoms with Gasteiger partial charge in [-0.15, -0.1) is 10.2 Å². The fourth-order valence-electron chi connectivity index (χ4n) is 2.63.